The van der Waals surface area contributed by atoms with Crippen molar-refractivity contribution >= 4 is 17.2 Å². The lowest BCUT2D eigenvalue weighted by atomic mass is 10.1. The van der Waals surface area contributed by atoms with E-state index in [2.05, 4.69) is 15.5 Å². The molecule has 0 atom stereocenters. The fourth-order valence-electron chi connectivity index (χ4n) is 2.00. The molecule has 0 bridgehead atoms. The molecule has 0 aliphatic heterocycles. The van der Waals surface area contributed by atoms with Crippen molar-refractivity contribution in [3.05, 3.63) is 58.4 Å². The molecule has 1 aromatic carbocycles. The highest BCUT2D eigenvalue weighted by atomic mass is 32.1. The first-order valence-electron chi connectivity index (χ1n) is 6.85. The van der Waals surface area contributed by atoms with E-state index in [0.29, 0.717) is 18.0 Å². The van der Waals surface area contributed by atoms with E-state index in [1.54, 1.807) is 24.3 Å². The van der Waals surface area contributed by atoms with E-state index in [-0.39, 0.29) is 5.91 Å². The average Bonchev–Trinajstić information content (AvgIpc) is 3.14. The lowest BCUT2D eigenvalue weighted by Gasteiger charge is -2.04. The summed E-state index contributed by atoms with van der Waals surface area (Å²) in [6.07, 6.45) is 0. The number of carbonyl (C=O) groups is 1. The van der Waals surface area contributed by atoms with Gasteiger partial charge in [0.15, 0.2) is 5.69 Å². The first-order chi connectivity index (χ1) is 10.6. The monoisotopic (exact) mass is 313 g/mol. The Kier molecular flexibility index (Phi) is 4.02. The fourth-order valence-corrected chi connectivity index (χ4v) is 2.80. The van der Waals surface area contributed by atoms with Crippen LogP contribution >= 0.6 is 11.3 Å². The van der Waals surface area contributed by atoms with E-state index in [1.807, 2.05) is 36.6 Å². The average molecular weight is 313 g/mol. The summed E-state index contributed by atoms with van der Waals surface area (Å²) >= 11 is 1.63. The van der Waals surface area contributed by atoms with E-state index in [1.165, 1.54) is 0 Å². The van der Waals surface area contributed by atoms with E-state index in [4.69, 9.17) is 4.52 Å². The molecule has 3 aromatic rings. The maximum atomic E-state index is 11.9. The standard InChI is InChI=1S/C16H15N3O2S/c1-10-9-22-16(18-10)13-5-3-12(4-6-13)8-17-15(20)14-7-11(2)21-19-14/h3-7,9H,8H2,1-2H3,(H,17,20). The molecule has 5 nitrogen and oxygen atoms in total. The number of nitrogens with zero attached hydrogens (tertiary/aromatic N) is 2. The zero-order chi connectivity index (χ0) is 15.5. The summed E-state index contributed by atoms with van der Waals surface area (Å²) in [5, 5.41) is 9.54. The maximum absolute atomic E-state index is 11.9. The normalized spacial score (nSPS) is 10.6. The van der Waals surface area contributed by atoms with Crippen molar-refractivity contribution in [2.75, 3.05) is 0 Å². The Labute approximate surface area is 132 Å². The Bertz CT molecular complexity index is 790. The number of rotatable bonds is 4. The second-order valence-corrected chi connectivity index (χ2v) is 5.85. The van der Waals surface area contributed by atoms with Gasteiger partial charge in [0.25, 0.3) is 5.91 Å². The summed E-state index contributed by atoms with van der Waals surface area (Å²) < 4.78 is 4.89. The number of benzene rings is 1. The molecule has 1 N–H and O–H groups in total. The first kappa shape index (κ1) is 14.5. The molecule has 0 unspecified atom stereocenters. The molecule has 0 saturated heterocycles. The molecule has 6 heteroatoms. The van der Waals surface area contributed by atoms with Crippen molar-refractivity contribution in [1.82, 2.24) is 15.5 Å². The van der Waals surface area contributed by atoms with Crippen LogP contribution in [-0.4, -0.2) is 16.0 Å². The number of nitrogens with one attached hydrogen (secondary N) is 1. The lowest BCUT2D eigenvalue weighted by molar-refractivity contribution is 0.0942. The third kappa shape index (κ3) is 3.23. The van der Waals surface area contributed by atoms with Gasteiger partial charge in [0.2, 0.25) is 0 Å². The van der Waals surface area contributed by atoms with Crippen molar-refractivity contribution in [3.63, 3.8) is 0 Å². The molecule has 2 aromatic heterocycles. The van der Waals surface area contributed by atoms with Gasteiger partial charge in [0.1, 0.15) is 10.8 Å². The van der Waals surface area contributed by atoms with Crippen LogP contribution in [0.3, 0.4) is 0 Å². The maximum Gasteiger partial charge on any atom is 0.273 e. The Balaban J connectivity index is 1.63. The highest BCUT2D eigenvalue weighted by Crippen LogP contribution is 2.23. The van der Waals surface area contributed by atoms with Crippen LogP contribution in [0.1, 0.15) is 27.5 Å². The van der Waals surface area contributed by atoms with Gasteiger partial charge >= 0.3 is 0 Å². The second-order valence-electron chi connectivity index (χ2n) is 5.00. The summed E-state index contributed by atoms with van der Waals surface area (Å²) in [4.78, 5) is 16.3. The van der Waals surface area contributed by atoms with Gasteiger partial charge in [-0.2, -0.15) is 0 Å². The van der Waals surface area contributed by atoms with Crippen LogP contribution in [0.25, 0.3) is 10.6 Å². The van der Waals surface area contributed by atoms with E-state index < -0.39 is 0 Å². The summed E-state index contributed by atoms with van der Waals surface area (Å²) in [5.74, 6) is 0.379. The molecule has 0 aliphatic rings. The van der Waals surface area contributed by atoms with Crippen molar-refractivity contribution in [2.24, 2.45) is 0 Å². The third-order valence-corrected chi connectivity index (χ3v) is 4.14. The number of aryl methyl sites for hydroxylation is 2. The van der Waals surface area contributed by atoms with Gasteiger partial charge in [-0.25, -0.2) is 4.98 Å². The van der Waals surface area contributed by atoms with Crippen LogP contribution in [0.4, 0.5) is 0 Å². The van der Waals surface area contributed by atoms with Crippen LogP contribution < -0.4 is 5.32 Å². The summed E-state index contributed by atoms with van der Waals surface area (Å²) in [5.41, 5.74) is 3.43. The van der Waals surface area contributed by atoms with Gasteiger partial charge in [0, 0.05) is 29.2 Å². The molecule has 0 radical (unpaired) electrons. The van der Waals surface area contributed by atoms with E-state index in [0.717, 1.165) is 21.8 Å². The Morgan fingerprint density at radius 3 is 2.64 bits per heavy atom. The summed E-state index contributed by atoms with van der Waals surface area (Å²) in [6.45, 7) is 4.18. The molecule has 0 aliphatic carbocycles. The third-order valence-electron chi connectivity index (χ3n) is 3.13. The van der Waals surface area contributed by atoms with Gasteiger partial charge in [-0.3, -0.25) is 4.79 Å². The number of thiazole rings is 1. The van der Waals surface area contributed by atoms with Gasteiger partial charge in [-0.05, 0) is 19.4 Å². The van der Waals surface area contributed by atoms with Crippen LogP contribution in [-0.2, 0) is 6.54 Å². The Hall–Kier alpha value is -2.47. The van der Waals surface area contributed by atoms with E-state index in [9.17, 15) is 4.79 Å². The van der Waals surface area contributed by atoms with Crippen molar-refractivity contribution < 1.29 is 9.32 Å². The van der Waals surface area contributed by atoms with Crippen molar-refractivity contribution in [1.29, 1.82) is 0 Å². The van der Waals surface area contributed by atoms with Crippen LogP contribution in [0.2, 0.25) is 0 Å². The predicted molar refractivity (Wildman–Crippen MR) is 84.7 cm³/mol. The molecule has 0 fully saturated rings. The van der Waals surface area contributed by atoms with Crippen LogP contribution in [0.15, 0.2) is 40.2 Å². The number of carbonyl (C=O) groups excluding carboxylic acids is 1. The fraction of sp³-hybridized carbons (Fsp3) is 0.188. The minimum absolute atomic E-state index is 0.239. The van der Waals surface area contributed by atoms with Gasteiger partial charge < -0.3 is 9.84 Å². The number of hydrogen-bond acceptors (Lipinski definition) is 5. The Morgan fingerprint density at radius 1 is 1.27 bits per heavy atom. The minimum atomic E-state index is -0.239. The molecule has 2 heterocycles. The summed E-state index contributed by atoms with van der Waals surface area (Å²) in [7, 11) is 0. The molecule has 22 heavy (non-hydrogen) atoms. The Morgan fingerprint density at radius 2 is 2.05 bits per heavy atom. The lowest BCUT2D eigenvalue weighted by Crippen LogP contribution is -2.22. The van der Waals surface area contributed by atoms with Gasteiger partial charge in [0.05, 0.1) is 0 Å². The van der Waals surface area contributed by atoms with E-state index >= 15 is 0 Å². The van der Waals surface area contributed by atoms with Gasteiger partial charge in [-0.1, -0.05) is 29.4 Å². The highest BCUT2D eigenvalue weighted by Gasteiger charge is 2.10. The predicted octanol–water partition coefficient (Wildman–Crippen LogP) is 3.34. The number of aromatic nitrogens is 2. The van der Waals surface area contributed by atoms with Crippen molar-refractivity contribution in [3.8, 4) is 10.6 Å². The largest absolute Gasteiger partial charge is 0.361 e. The second kappa shape index (κ2) is 6.11. The topological polar surface area (TPSA) is 68.0 Å². The summed E-state index contributed by atoms with van der Waals surface area (Å²) in [6, 6.07) is 9.62. The van der Waals surface area contributed by atoms with Gasteiger partial charge in [-0.15, -0.1) is 11.3 Å². The molecule has 0 saturated carbocycles. The minimum Gasteiger partial charge on any atom is -0.361 e. The van der Waals surface area contributed by atoms with Crippen molar-refractivity contribution in [2.45, 2.75) is 20.4 Å². The van der Waals surface area contributed by atoms with Crippen LogP contribution in [0, 0.1) is 13.8 Å². The molecule has 1 amide bonds. The first-order valence-corrected chi connectivity index (χ1v) is 7.73. The molecular weight excluding hydrogens is 298 g/mol. The smallest absolute Gasteiger partial charge is 0.273 e. The SMILES string of the molecule is Cc1csc(-c2ccc(CNC(=O)c3cc(C)on3)cc2)n1. The zero-order valence-electron chi connectivity index (χ0n) is 12.3. The molecule has 0 spiro atoms. The highest BCUT2D eigenvalue weighted by molar-refractivity contribution is 7.13. The van der Waals surface area contributed by atoms with Crippen LogP contribution in [0.5, 0.6) is 0 Å². The number of hydrogen-bond donors (Lipinski definition) is 1. The number of amides is 1. The quantitative estimate of drug-likeness (QED) is 0.802. The molecule has 3 rings (SSSR count). The molecular formula is C16H15N3O2S. The zero-order valence-corrected chi connectivity index (χ0v) is 13.1. The molecule has 112 valence electrons.